The van der Waals surface area contributed by atoms with Crippen molar-refractivity contribution in [1.82, 2.24) is 4.98 Å². The summed E-state index contributed by atoms with van der Waals surface area (Å²) < 4.78 is 5.67. The van der Waals surface area contributed by atoms with Gasteiger partial charge in [-0.1, -0.05) is 55.5 Å². The van der Waals surface area contributed by atoms with Gasteiger partial charge in [-0.15, -0.1) is 0 Å². The molecule has 0 amide bonds. The Morgan fingerprint density at radius 2 is 1.61 bits per heavy atom. The van der Waals surface area contributed by atoms with E-state index >= 15 is 0 Å². The Kier molecular flexibility index (Phi) is 3.30. The number of H-pyrrole nitrogens is 1. The van der Waals surface area contributed by atoms with Crippen LogP contribution >= 0.6 is 0 Å². The highest BCUT2D eigenvalue weighted by atomic mass is 16.5. The number of fused-ring (bicyclic) bond motifs is 2. The zero-order valence-electron chi connectivity index (χ0n) is 13.3. The van der Waals surface area contributed by atoms with E-state index in [0.29, 0.717) is 0 Å². The van der Waals surface area contributed by atoms with Crippen LogP contribution in [0.25, 0.3) is 21.7 Å². The Hall–Kier alpha value is -2.74. The van der Waals surface area contributed by atoms with Gasteiger partial charge in [-0.05, 0) is 28.5 Å². The largest absolute Gasteiger partial charge is 0.496 e. The summed E-state index contributed by atoms with van der Waals surface area (Å²) in [6.07, 6.45) is 2.12. The van der Waals surface area contributed by atoms with Crippen molar-refractivity contribution in [1.29, 1.82) is 0 Å². The van der Waals surface area contributed by atoms with E-state index in [1.165, 1.54) is 32.8 Å². The van der Waals surface area contributed by atoms with Gasteiger partial charge in [0.2, 0.25) is 0 Å². The Bertz CT molecular complexity index is 983. The van der Waals surface area contributed by atoms with Gasteiger partial charge < -0.3 is 9.72 Å². The van der Waals surface area contributed by atoms with Gasteiger partial charge in [-0.2, -0.15) is 0 Å². The molecule has 1 unspecified atom stereocenters. The van der Waals surface area contributed by atoms with E-state index in [-0.39, 0.29) is 5.92 Å². The summed E-state index contributed by atoms with van der Waals surface area (Å²) in [6.45, 7) is 2.25. The molecule has 0 spiro atoms. The van der Waals surface area contributed by atoms with E-state index in [9.17, 15) is 0 Å². The summed E-state index contributed by atoms with van der Waals surface area (Å²) in [5.74, 6) is 1.19. The van der Waals surface area contributed by atoms with Crippen molar-refractivity contribution in [3.8, 4) is 5.75 Å². The normalized spacial score (nSPS) is 12.6. The van der Waals surface area contributed by atoms with Crippen LogP contribution < -0.4 is 4.74 Å². The Balaban J connectivity index is 1.97. The molecule has 4 aromatic rings. The van der Waals surface area contributed by atoms with Gasteiger partial charge in [0.05, 0.1) is 7.11 Å². The smallest absolute Gasteiger partial charge is 0.123 e. The molecule has 1 heterocycles. The molecule has 0 saturated carbocycles. The van der Waals surface area contributed by atoms with Gasteiger partial charge >= 0.3 is 0 Å². The van der Waals surface area contributed by atoms with Gasteiger partial charge in [-0.25, -0.2) is 0 Å². The standard InChI is InChI=1S/C21H19NO/c1-14(18-13-22-19-10-6-5-9-17(18)19)21-16-8-4-3-7-15(16)11-12-20(21)23-2/h3-14,22H,1-2H3. The first kappa shape index (κ1) is 13.9. The van der Waals surface area contributed by atoms with Crippen molar-refractivity contribution in [2.75, 3.05) is 7.11 Å². The van der Waals surface area contributed by atoms with Crippen LogP contribution in [0.2, 0.25) is 0 Å². The van der Waals surface area contributed by atoms with Gasteiger partial charge in [0, 0.05) is 28.6 Å². The van der Waals surface area contributed by atoms with E-state index in [0.717, 1.165) is 5.75 Å². The van der Waals surface area contributed by atoms with Crippen molar-refractivity contribution in [2.45, 2.75) is 12.8 Å². The molecule has 0 aliphatic carbocycles. The lowest BCUT2D eigenvalue weighted by molar-refractivity contribution is 0.409. The molecule has 0 radical (unpaired) electrons. The first-order valence-electron chi connectivity index (χ1n) is 7.91. The van der Waals surface area contributed by atoms with Crippen LogP contribution in [0.3, 0.4) is 0 Å². The number of rotatable bonds is 3. The highest BCUT2D eigenvalue weighted by Crippen LogP contribution is 2.39. The first-order chi connectivity index (χ1) is 11.3. The minimum Gasteiger partial charge on any atom is -0.496 e. The van der Waals surface area contributed by atoms with Crippen LogP contribution in [-0.4, -0.2) is 12.1 Å². The van der Waals surface area contributed by atoms with Crippen molar-refractivity contribution < 1.29 is 4.74 Å². The lowest BCUT2D eigenvalue weighted by Crippen LogP contribution is -2.00. The van der Waals surface area contributed by atoms with E-state index in [4.69, 9.17) is 4.74 Å². The molecule has 0 saturated heterocycles. The van der Waals surface area contributed by atoms with Crippen LogP contribution in [0.15, 0.2) is 66.9 Å². The lowest BCUT2D eigenvalue weighted by atomic mass is 9.88. The molecule has 2 heteroatoms. The zero-order chi connectivity index (χ0) is 15.8. The quantitative estimate of drug-likeness (QED) is 0.532. The van der Waals surface area contributed by atoms with E-state index in [1.54, 1.807) is 7.11 Å². The Morgan fingerprint density at radius 3 is 2.43 bits per heavy atom. The van der Waals surface area contributed by atoms with Crippen LogP contribution in [0, 0.1) is 0 Å². The van der Waals surface area contributed by atoms with Gasteiger partial charge in [0.1, 0.15) is 5.75 Å². The molecular weight excluding hydrogens is 282 g/mol. The molecule has 114 valence electrons. The summed E-state index contributed by atoms with van der Waals surface area (Å²) in [5, 5.41) is 3.77. The number of nitrogens with one attached hydrogen (secondary N) is 1. The van der Waals surface area contributed by atoms with Gasteiger partial charge in [0.15, 0.2) is 0 Å². The summed E-state index contributed by atoms with van der Waals surface area (Å²) in [6, 6.07) is 21.1. The predicted octanol–water partition coefficient (Wildman–Crippen LogP) is 5.48. The fourth-order valence-corrected chi connectivity index (χ4v) is 3.51. The van der Waals surface area contributed by atoms with Crippen LogP contribution in [0.4, 0.5) is 0 Å². The highest BCUT2D eigenvalue weighted by Gasteiger charge is 2.19. The minimum atomic E-state index is 0.243. The molecule has 2 nitrogen and oxygen atoms in total. The number of methoxy groups -OCH3 is 1. The molecular formula is C21H19NO. The number of hydrogen-bond donors (Lipinski definition) is 1. The zero-order valence-corrected chi connectivity index (χ0v) is 13.3. The van der Waals surface area contributed by atoms with Crippen molar-refractivity contribution in [3.05, 3.63) is 78.0 Å². The number of aromatic amines is 1. The SMILES string of the molecule is COc1ccc2ccccc2c1C(C)c1c[nH]c2ccccc12. The number of benzene rings is 3. The third-order valence-electron chi connectivity index (χ3n) is 4.67. The Morgan fingerprint density at radius 1 is 0.870 bits per heavy atom. The summed E-state index contributed by atoms with van der Waals surface area (Å²) in [5.41, 5.74) is 3.72. The number of ether oxygens (including phenoxy) is 1. The molecule has 23 heavy (non-hydrogen) atoms. The van der Waals surface area contributed by atoms with E-state index in [1.807, 2.05) is 0 Å². The third-order valence-corrected chi connectivity index (χ3v) is 4.67. The summed E-state index contributed by atoms with van der Waals surface area (Å²) in [7, 11) is 1.75. The van der Waals surface area contributed by atoms with Crippen molar-refractivity contribution >= 4 is 21.7 Å². The number of aromatic nitrogens is 1. The second kappa shape index (κ2) is 5.47. The molecule has 0 aliphatic heterocycles. The second-order valence-electron chi connectivity index (χ2n) is 5.91. The predicted molar refractivity (Wildman–Crippen MR) is 96.3 cm³/mol. The van der Waals surface area contributed by atoms with Crippen molar-refractivity contribution in [2.24, 2.45) is 0 Å². The fraction of sp³-hybridized carbons (Fsp3) is 0.143. The number of hydrogen-bond acceptors (Lipinski definition) is 1. The summed E-state index contributed by atoms with van der Waals surface area (Å²) >= 11 is 0. The third kappa shape index (κ3) is 2.18. The maximum absolute atomic E-state index is 5.67. The first-order valence-corrected chi connectivity index (χ1v) is 7.91. The molecule has 0 fully saturated rings. The topological polar surface area (TPSA) is 25.0 Å². The minimum absolute atomic E-state index is 0.243. The number of para-hydroxylation sites is 1. The van der Waals surface area contributed by atoms with E-state index in [2.05, 4.69) is 78.8 Å². The van der Waals surface area contributed by atoms with Crippen LogP contribution in [0.1, 0.15) is 24.0 Å². The second-order valence-corrected chi connectivity index (χ2v) is 5.91. The Labute approximate surface area is 135 Å². The monoisotopic (exact) mass is 301 g/mol. The fourth-order valence-electron chi connectivity index (χ4n) is 3.51. The molecule has 0 aliphatic rings. The molecule has 1 aromatic heterocycles. The molecule has 1 atom stereocenters. The van der Waals surface area contributed by atoms with Crippen LogP contribution in [-0.2, 0) is 0 Å². The van der Waals surface area contributed by atoms with Crippen LogP contribution in [0.5, 0.6) is 5.75 Å². The maximum atomic E-state index is 5.67. The van der Waals surface area contributed by atoms with Gasteiger partial charge in [0.25, 0.3) is 0 Å². The molecule has 3 aromatic carbocycles. The maximum Gasteiger partial charge on any atom is 0.123 e. The summed E-state index contributed by atoms with van der Waals surface area (Å²) in [4.78, 5) is 3.38. The molecule has 1 N–H and O–H groups in total. The lowest BCUT2D eigenvalue weighted by Gasteiger charge is -2.18. The van der Waals surface area contributed by atoms with E-state index < -0.39 is 0 Å². The molecule has 4 rings (SSSR count). The average Bonchev–Trinajstić information content (AvgIpc) is 3.04. The highest BCUT2D eigenvalue weighted by molar-refractivity contribution is 5.90. The van der Waals surface area contributed by atoms with Gasteiger partial charge in [-0.3, -0.25) is 0 Å². The van der Waals surface area contributed by atoms with Crippen molar-refractivity contribution in [3.63, 3.8) is 0 Å². The average molecular weight is 301 g/mol. The molecule has 0 bridgehead atoms.